The van der Waals surface area contributed by atoms with Crippen LogP contribution in [0.5, 0.6) is 0 Å². The Labute approximate surface area is 228 Å². The van der Waals surface area contributed by atoms with E-state index in [0.29, 0.717) is 35.3 Å². The smallest absolute Gasteiger partial charge is 0.366 e. The average Bonchev–Trinajstić information content (AvgIpc) is 3.22. The molecule has 2 aromatic rings. The second-order valence-electron chi connectivity index (χ2n) is 8.88. The van der Waals surface area contributed by atoms with E-state index in [1.807, 2.05) is 0 Å². The van der Waals surface area contributed by atoms with E-state index in [1.165, 1.54) is 19.6 Å². The van der Waals surface area contributed by atoms with Crippen molar-refractivity contribution in [3.05, 3.63) is 12.7 Å². The van der Waals surface area contributed by atoms with Crippen molar-refractivity contribution >= 4 is 58.8 Å². The van der Waals surface area contributed by atoms with Crippen LogP contribution in [0.2, 0.25) is 0 Å². The van der Waals surface area contributed by atoms with Crippen LogP contribution < -0.4 is 10.6 Å². The van der Waals surface area contributed by atoms with Crippen molar-refractivity contribution in [1.29, 1.82) is 0 Å². The maximum Gasteiger partial charge on any atom is 0.488 e. The Morgan fingerprint density at radius 3 is 2.46 bits per heavy atom. The van der Waals surface area contributed by atoms with Crippen LogP contribution in [0.15, 0.2) is 12.7 Å². The summed E-state index contributed by atoms with van der Waals surface area (Å²) in [6.07, 6.45) is 4.46. The van der Waals surface area contributed by atoms with Gasteiger partial charge in [-0.3, -0.25) is 9.36 Å². The molecule has 1 aliphatic carbocycles. The predicted molar refractivity (Wildman–Crippen MR) is 141 cm³/mol. The Hall–Kier alpha value is -1.42. The number of anilines is 1. The largest absolute Gasteiger partial charge is 0.488 e. The average molecular weight is 632 g/mol. The number of hydrogen-bond acceptors (Lipinski definition) is 12. The molecule has 1 aliphatic rings. The van der Waals surface area contributed by atoms with Gasteiger partial charge in [0.05, 0.1) is 19.0 Å². The third-order valence-electron chi connectivity index (χ3n) is 5.60. The first-order valence-corrected chi connectivity index (χ1v) is 17.0. The maximum absolute atomic E-state index is 12.4. The van der Waals surface area contributed by atoms with Gasteiger partial charge in [-0.05, 0) is 32.6 Å². The number of amides is 1. The zero-order valence-corrected chi connectivity index (χ0v) is 24.3. The van der Waals surface area contributed by atoms with Crippen LogP contribution in [0.4, 0.5) is 5.82 Å². The second-order valence-corrected chi connectivity index (χ2v) is 14.4. The molecule has 6 N–H and O–H groups in total. The van der Waals surface area contributed by atoms with Crippen LogP contribution >= 0.6 is 35.9 Å². The standard InChI is InChI=1S/C18H31N6O11P3S/c1-12(33-11-36(26,27)34-38(31,32)35-37(28,29)30)8-24-10-23-15-16(21-9-22-17(15)24)19-6-7-20-18(25)13-2-4-14(39)5-3-13/h9-10,12-14,39H,2-8,11H2,1H3,(H,20,25)(H,26,27)(H,31,32)(H,19,21,22)(H2,28,29,30)/t12-,13?,14?/m1/s1. The first kappa shape index (κ1) is 32.1. The van der Waals surface area contributed by atoms with Gasteiger partial charge in [-0.25, -0.2) is 28.4 Å². The fourth-order valence-corrected chi connectivity index (χ4v) is 7.56. The van der Waals surface area contributed by atoms with E-state index in [9.17, 15) is 28.3 Å². The van der Waals surface area contributed by atoms with Gasteiger partial charge in [0.15, 0.2) is 11.5 Å². The normalized spacial score (nSPS) is 22.1. The van der Waals surface area contributed by atoms with Gasteiger partial charge in [0.25, 0.3) is 0 Å². The lowest BCUT2D eigenvalue weighted by molar-refractivity contribution is -0.125. The number of fused-ring (bicyclic) bond motifs is 1. The molecule has 17 nitrogen and oxygen atoms in total. The Balaban J connectivity index is 1.49. The first-order chi connectivity index (χ1) is 18.1. The fraction of sp³-hybridized carbons (Fsp3) is 0.667. The number of aromatic nitrogens is 4. The summed E-state index contributed by atoms with van der Waals surface area (Å²) in [5, 5.41) is 6.40. The molecule has 1 amide bonds. The van der Waals surface area contributed by atoms with E-state index in [1.54, 1.807) is 4.57 Å². The summed E-state index contributed by atoms with van der Waals surface area (Å²) in [4.78, 5) is 61.2. The predicted octanol–water partition coefficient (Wildman–Crippen LogP) is 1.62. The van der Waals surface area contributed by atoms with E-state index in [-0.39, 0.29) is 18.4 Å². The zero-order valence-electron chi connectivity index (χ0n) is 20.8. The molecule has 2 unspecified atom stereocenters. The van der Waals surface area contributed by atoms with Gasteiger partial charge in [-0.15, -0.1) is 0 Å². The Bertz CT molecular complexity index is 1280. The minimum absolute atomic E-state index is 0.00608. The quantitative estimate of drug-likeness (QED) is 0.0889. The van der Waals surface area contributed by atoms with Crippen LogP contribution in [0, 0.1) is 5.92 Å². The van der Waals surface area contributed by atoms with E-state index in [0.717, 1.165) is 25.7 Å². The lowest BCUT2D eigenvalue weighted by Gasteiger charge is -2.24. The van der Waals surface area contributed by atoms with Crippen molar-refractivity contribution in [1.82, 2.24) is 24.8 Å². The van der Waals surface area contributed by atoms with Gasteiger partial charge < -0.3 is 39.5 Å². The molecule has 1 fully saturated rings. The van der Waals surface area contributed by atoms with Gasteiger partial charge in [0, 0.05) is 24.3 Å². The topological polar surface area (TPSA) is 245 Å². The molecule has 3 atom stereocenters. The second kappa shape index (κ2) is 13.5. The van der Waals surface area contributed by atoms with E-state index >= 15 is 0 Å². The number of nitrogens with zero attached hydrogens (tertiary/aromatic N) is 4. The number of rotatable bonds is 14. The number of phosphoric acid groups is 2. The van der Waals surface area contributed by atoms with Crippen LogP contribution in [0.25, 0.3) is 11.2 Å². The number of carbonyl (C=O) groups excluding carboxylic acids is 1. The highest BCUT2D eigenvalue weighted by Crippen LogP contribution is 2.65. The zero-order chi connectivity index (χ0) is 28.8. The van der Waals surface area contributed by atoms with Crippen LogP contribution in [0.1, 0.15) is 32.6 Å². The maximum atomic E-state index is 12.4. The lowest BCUT2D eigenvalue weighted by Crippen LogP contribution is -2.36. The minimum atomic E-state index is -5.54. The van der Waals surface area contributed by atoms with Gasteiger partial charge in [-0.2, -0.15) is 16.9 Å². The van der Waals surface area contributed by atoms with Crippen LogP contribution in [0.3, 0.4) is 0 Å². The third-order valence-corrected chi connectivity index (χ3v) is 10.1. The summed E-state index contributed by atoms with van der Waals surface area (Å²) in [5.74, 6) is 0.470. The Kier molecular flexibility index (Phi) is 11.1. The van der Waals surface area contributed by atoms with E-state index in [4.69, 9.17) is 14.5 Å². The van der Waals surface area contributed by atoms with Crippen molar-refractivity contribution in [3.63, 3.8) is 0 Å². The molecule has 0 aromatic carbocycles. The number of carbonyl (C=O) groups is 1. The highest BCUT2D eigenvalue weighted by Gasteiger charge is 2.39. The molecule has 0 saturated heterocycles. The molecule has 0 spiro atoms. The minimum Gasteiger partial charge on any atom is -0.366 e. The molecule has 21 heteroatoms. The summed E-state index contributed by atoms with van der Waals surface area (Å²) >= 11 is 4.45. The van der Waals surface area contributed by atoms with E-state index in [2.05, 4.69) is 46.8 Å². The molecule has 3 rings (SSSR count). The van der Waals surface area contributed by atoms with Gasteiger partial charge in [0.2, 0.25) is 5.91 Å². The molecule has 0 aliphatic heterocycles. The molecule has 1 saturated carbocycles. The number of ether oxygens (including phenoxy) is 1. The molecule has 39 heavy (non-hydrogen) atoms. The third kappa shape index (κ3) is 10.5. The molecule has 0 radical (unpaired) electrons. The summed E-state index contributed by atoms with van der Waals surface area (Å²) in [5.41, 5.74) is 0.865. The number of nitrogens with one attached hydrogen (secondary N) is 2. The van der Waals surface area contributed by atoms with Gasteiger partial charge in [0.1, 0.15) is 18.2 Å². The van der Waals surface area contributed by atoms with Gasteiger partial charge >= 0.3 is 23.2 Å². The van der Waals surface area contributed by atoms with Gasteiger partial charge in [-0.1, -0.05) is 0 Å². The van der Waals surface area contributed by atoms with Crippen molar-refractivity contribution < 1.29 is 51.4 Å². The molecule has 220 valence electrons. The van der Waals surface area contributed by atoms with Crippen molar-refractivity contribution in [3.8, 4) is 0 Å². The first-order valence-electron chi connectivity index (χ1n) is 11.7. The Morgan fingerprint density at radius 1 is 1.10 bits per heavy atom. The van der Waals surface area contributed by atoms with Crippen molar-refractivity contribution in [2.24, 2.45) is 5.92 Å². The van der Waals surface area contributed by atoms with Crippen LogP contribution in [-0.4, -0.2) is 75.8 Å². The lowest BCUT2D eigenvalue weighted by atomic mass is 9.88. The molecule has 0 bridgehead atoms. The molecule has 2 heterocycles. The highest BCUT2D eigenvalue weighted by molar-refractivity contribution is 7.80. The summed E-state index contributed by atoms with van der Waals surface area (Å²) in [6.45, 7) is 2.41. The SMILES string of the molecule is C[C@H](Cn1cnc2c(NCCNC(=O)C3CCC(S)CC3)ncnc21)OCP(=O)(O)OP(=O)(O)OP(=O)(O)O. The molecule has 2 aromatic heterocycles. The van der Waals surface area contributed by atoms with Crippen LogP contribution in [-0.2, 0) is 38.4 Å². The monoisotopic (exact) mass is 632 g/mol. The number of thiol groups is 1. The van der Waals surface area contributed by atoms with E-state index < -0.39 is 35.7 Å². The highest BCUT2D eigenvalue weighted by atomic mass is 32.1. The summed E-state index contributed by atoms with van der Waals surface area (Å²) < 4.78 is 48.5. The molecular formula is C18H31N6O11P3S. The fourth-order valence-electron chi connectivity index (χ4n) is 3.88. The number of hydrogen-bond donors (Lipinski definition) is 7. The van der Waals surface area contributed by atoms with Crippen molar-refractivity contribution in [2.75, 3.05) is 24.8 Å². The molecular weight excluding hydrogens is 601 g/mol. The summed E-state index contributed by atoms with van der Waals surface area (Å²) in [7, 11) is -15.9. The van der Waals surface area contributed by atoms with Crippen molar-refractivity contribution in [2.45, 2.75) is 50.5 Å². The Morgan fingerprint density at radius 2 is 1.79 bits per heavy atom. The summed E-state index contributed by atoms with van der Waals surface area (Å²) in [6, 6.07) is 0. The number of imidazole rings is 1.